The summed E-state index contributed by atoms with van der Waals surface area (Å²) in [4.78, 5) is 29.1. The molecule has 2 aromatic rings. The maximum atomic E-state index is 12.0. The van der Waals surface area contributed by atoms with Crippen molar-refractivity contribution in [1.82, 2.24) is 15.0 Å². The first kappa shape index (κ1) is 14.5. The average molecular weight is 319 g/mol. The van der Waals surface area contributed by atoms with E-state index in [1.165, 1.54) is 6.07 Å². The Kier molecular flexibility index (Phi) is 3.55. The molecule has 0 radical (unpaired) electrons. The van der Waals surface area contributed by atoms with Crippen LogP contribution in [0.5, 0.6) is 11.6 Å². The molecule has 0 saturated heterocycles. The standard InChI is InChI=1S/C14H13N3O4S/c1-2-17(20)13(19)8-4-3-7-5-9-11(18)15-14(22)16-12(9)21-10(7)6-8/h3-4,6,20H,2,5H2,1H3,(H2,15,16,18,22). The van der Waals surface area contributed by atoms with Crippen molar-refractivity contribution in [2.75, 3.05) is 6.54 Å². The number of hydrogen-bond acceptors (Lipinski definition) is 5. The van der Waals surface area contributed by atoms with Gasteiger partial charge in [0.25, 0.3) is 11.5 Å². The number of nitrogens with one attached hydrogen (secondary N) is 2. The molecule has 2 heterocycles. The van der Waals surface area contributed by atoms with Crippen molar-refractivity contribution in [2.45, 2.75) is 13.3 Å². The Morgan fingerprint density at radius 1 is 1.45 bits per heavy atom. The summed E-state index contributed by atoms with van der Waals surface area (Å²) in [7, 11) is 0. The number of amides is 1. The van der Waals surface area contributed by atoms with Crippen molar-refractivity contribution in [3.05, 3.63) is 50.0 Å². The van der Waals surface area contributed by atoms with Gasteiger partial charge in [-0.05, 0) is 36.8 Å². The molecule has 1 aliphatic heterocycles. The third kappa shape index (κ3) is 2.42. The lowest BCUT2D eigenvalue weighted by Gasteiger charge is -2.20. The molecule has 3 rings (SSSR count). The van der Waals surface area contributed by atoms with Gasteiger partial charge < -0.3 is 9.72 Å². The number of aromatic nitrogens is 2. The Bertz CT molecular complexity index is 871. The minimum atomic E-state index is -0.515. The predicted molar refractivity (Wildman–Crippen MR) is 80.1 cm³/mol. The highest BCUT2D eigenvalue weighted by molar-refractivity contribution is 7.71. The predicted octanol–water partition coefficient (Wildman–Crippen LogP) is 1.98. The fourth-order valence-electron chi connectivity index (χ4n) is 2.26. The molecule has 1 amide bonds. The summed E-state index contributed by atoms with van der Waals surface area (Å²) < 4.78 is 5.82. The van der Waals surface area contributed by atoms with E-state index in [0.29, 0.717) is 28.4 Å². The first-order valence-corrected chi connectivity index (χ1v) is 7.07. The number of rotatable bonds is 2. The second kappa shape index (κ2) is 5.39. The molecule has 0 aliphatic carbocycles. The number of carbonyl (C=O) groups is 1. The van der Waals surface area contributed by atoms with Gasteiger partial charge in [-0.1, -0.05) is 6.07 Å². The number of hydroxylamine groups is 2. The van der Waals surface area contributed by atoms with Gasteiger partial charge >= 0.3 is 0 Å². The van der Waals surface area contributed by atoms with Crippen LogP contribution in [0.2, 0.25) is 0 Å². The van der Waals surface area contributed by atoms with Crippen LogP contribution in [0.1, 0.15) is 28.4 Å². The minimum absolute atomic E-state index is 0.173. The van der Waals surface area contributed by atoms with Crippen LogP contribution >= 0.6 is 12.2 Å². The lowest BCUT2D eigenvalue weighted by Crippen LogP contribution is -2.27. The van der Waals surface area contributed by atoms with Crippen molar-refractivity contribution in [3.8, 4) is 11.6 Å². The highest BCUT2D eigenvalue weighted by atomic mass is 32.1. The number of benzene rings is 1. The number of carbonyl (C=O) groups excluding carboxylic acids is 1. The van der Waals surface area contributed by atoms with Crippen LogP contribution in [0.25, 0.3) is 0 Å². The van der Waals surface area contributed by atoms with Crippen LogP contribution in [0.4, 0.5) is 0 Å². The van der Waals surface area contributed by atoms with Crippen LogP contribution < -0.4 is 10.3 Å². The van der Waals surface area contributed by atoms with Crippen molar-refractivity contribution in [3.63, 3.8) is 0 Å². The van der Waals surface area contributed by atoms with Gasteiger partial charge in [0.1, 0.15) is 5.75 Å². The molecular weight excluding hydrogens is 306 g/mol. The van der Waals surface area contributed by atoms with Gasteiger partial charge in [0.15, 0.2) is 4.77 Å². The van der Waals surface area contributed by atoms with Gasteiger partial charge in [-0.15, -0.1) is 0 Å². The maximum absolute atomic E-state index is 12.0. The van der Waals surface area contributed by atoms with Crippen molar-refractivity contribution in [2.24, 2.45) is 0 Å². The zero-order valence-corrected chi connectivity index (χ0v) is 12.5. The highest BCUT2D eigenvalue weighted by Crippen LogP contribution is 2.34. The molecule has 7 nitrogen and oxygen atoms in total. The summed E-state index contributed by atoms with van der Waals surface area (Å²) in [5.74, 6) is 0.222. The number of H-pyrrole nitrogens is 2. The molecule has 0 fully saturated rings. The Hall–Kier alpha value is -2.45. The molecule has 0 bridgehead atoms. The quantitative estimate of drug-likeness (QED) is 0.381. The molecule has 0 unspecified atom stereocenters. The normalized spacial score (nSPS) is 12.1. The summed E-state index contributed by atoms with van der Waals surface area (Å²) in [6.07, 6.45) is 0.372. The zero-order valence-electron chi connectivity index (χ0n) is 11.7. The lowest BCUT2D eigenvalue weighted by atomic mass is 10.0. The first-order chi connectivity index (χ1) is 10.5. The molecule has 0 saturated carbocycles. The zero-order chi connectivity index (χ0) is 15.9. The molecule has 114 valence electrons. The molecule has 8 heteroatoms. The maximum Gasteiger partial charge on any atom is 0.277 e. The van der Waals surface area contributed by atoms with Gasteiger partial charge in [-0.3, -0.25) is 19.8 Å². The fourth-order valence-corrected chi connectivity index (χ4v) is 2.45. The third-order valence-corrected chi connectivity index (χ3v) is 3.63. The molecule has 1 aliphatic rings. The van der Waals surface area contributed by atoms with E-state index in [1.807, 2.05) is 0 Å². The molecule has 1 aromatic heterocycles. The lowest BCUT2D eigenvalue weighted by molar-refractivity contribution is -0.0541. The smallest absolute Gasteiger partial charge is 0.277 e. The van der Waals surface area contributed by atoms with Crippen LogP contribution in [0.15, 0.2) is 23.0 Å². The summed E-state index contributed by atoms with van der Waals surface area (Å²) in [6.45, 7) is 1.84. The number of fused-ring (bicyclic) bond motifs is 2. The largest absolute Gasteiger partial charge is 0.440 e. The van der Waals surface area contributed by atoms with Crippen LogP contribution in [-0.2, 0) is 6.42 Å². The van der Waals surface area contributed by atoms with Crippen LogP contribution in [0.3, 0.4) is 0 Å². The molecule has 1 aromatic carbocycles. The van der Waals surface area contributed by atoms with Gasteiger partial charge in [0, 0.05) is 18.5 Å². The Labute approximate surface area is 130 Å². The minimum Gasteiger partial charge on any atom is -0.440 e. The summed E-state index contributed by atoms with van der Waals surface area (Å²) in [6, 6.07) is 4.83. The van der Waals surface area contributed by atoms with Crippen molar-refractivity contribution >= 4 is 18.1 Å². The van der Waals surface area contributed by atoms with E-state index in [-0.39, 0.29) is 22.8 Å². The summed E-state index contributed by atoms with van der Waals surface area (Å²) in [5, 5.41) is 10.1. The van der Waals surface area contributed by atoms with E-state index in [0.717, 1.165) is 5.56 Å². The third-order valence-electron chi connectivity index (χ3n) is 3.43. The Balaban J connectivity index is 2.02. The average Bonchev–Trinajstić information content (AvgIpc) is 2.51. The summed E-state index contributed by atoms with van der Waals surface area (Å²) >= 11 is 4.92. The Morgan fingerprint density at radius 3 is 2.95 bits per heavy atom. The monoisotopic (exact) mass is 319 g/mol. The van der Waals surface area contributed by atoms with Gasteiger partial charge in [0.2, 0.25) is 5.88 Å². The van der Waals surface area contributed by atoms with E-state index >= 15 is 0 Å². The van der Waals surface area contributed by atoms with Gasteiger partial charge in [-0.2, -0.15) is 0 Å². The van der Waals surface area contributed by atoms with Crippen molar-refractivity contribution < 1.29 is 14.7 Å². The molecule has 3 N–H and O–H groups in total. The fraction of sp³-hybridized carbons (Fsp3) is 0.214. The number of aromatic amines is 2. The van der Waals surface area contributed by atoms with E-state index in [1.54, 1.807) is 19.1 Å². The van der Waals surface area contributed by atoms with Crippen LogP contribution in [-0.4, -0.2) is 32.7 Å². The molecular formula is C14H13N3O4S. The van der Waals surface area contributed by atoms with Gasteiger partial charge in [-0.25, -0.2) is 5.06 Å². The number of ether oxygens (including phenoxy) is 1. The van der Waals surface area contributed by atoms with E-state index < -0.39 is 5.91 Å². The topological polar surface area (TPSA) is 98.4 Å². The SMILES string of the molecule is CCN(O)C(=O)c1ccc2c(c1)Oc1[nH]c(=S)[nH]c(=O)c1C2. The highest BCUT2D eigenvalue weighted by Gasteiger charge is 2.22. The summed E-state index contributed by atoms with van der Waals surface area (Å²) in [5.41, 5.74) is 1.24. The van der Waals surface area contributed by atoms with Gasteiger partial charge in [0.05, 0.1) is 5.56 Å². The second-order valence-corrected chi connectivity index (χ2v) is 5.25. The van der Waals surface area contributed by atoms with E-state index in [4.69, 9.17) is 17.0 Å². The number of hydrogen-bond donors (Lipinski definition) is 3. The van der Waals surface area contributed by atoms with E-state index in [2.05, 4.69) is 9.97 Å². The van der Waals surface area contributed by atoms with Crippen LogP contribution in [0, 0.1) is 4.77 Å². The first-order valence-electron chi connectivity index (χ1n) is 6.66. The van der Waals surface area contributed by atoms with E-state index in [9.17, 15) is 14.8 Å². The van der Waals surface area contributed by atoms with Crippen molar-refractivity contribution in [1.29, 1.82) is 0 Å². The molecule has 22 heavy (non-hydrogen) atoms. The number of nitrogens with zero attached hydrogens (tertiary/aromatic N) is 1. The molecule has 0 spiro atoms. The second-order valence-electron chi connectivity index (χ2n) is 4.84. The Morgan fingerprint density at radius 2 is 2.23 bits per heavy atom. The molecule has 0 atom stereocenters.